The van der Waals surface area contributed by atoms with E-state index in [2.05, 4.69) is 17.6 Å². The minimum Gasteiger partial charge on any atom is -0.480 e. The molecule has 3 unspecified atom stereocenters. The zero-order valence-electron chi connectivity index (χ0n) is 12.7. The van der Waals surface area contributed by atoms with Gasteiger partial charge in [0.15, 0.2) is 0 Å². The zero-order chi connectivity index (χ0) is 15.0. The van der Waals surface area contributed by atoms with Crippen LogP contribution in [0.2, 0.25) is 0 Å². The first-order valence-electron chi connectivity index (χ1n) is 7.77. The first-order valence-corrected chi connectivity index (χ1v) is 7.77. The van der Waals surface area contributed by atoms with E-state index in [1.807, 2.05) is 6.92 Å². The number of carbonyl (C=O) groups excluding carboxylic acids is 1. The molecule has 0 aromatic heterocycles. The number of hydrogen-bond acceptors (Lipinski definition) is 3. The molecule has 1 aliphatic rings. The van der Waals surface area contributed by atoms with Gasteiger partial charge in [-0.1, -0.05) is 26.7 Å². The molecule has 116 valence electrons. The van der Waals surface area contributed by atoms with E-state index in [-0.39, 0.29) is 5.91 Å². The summed E-state index contributed by atoms with van der Waals surface area (Å²) in [7, 11) is 0. The van der Waals surface area contributed by atoms with Gasteiger partial charge in [0.2, 0.25) is 5.91 Å². The molecule has 0 bridgehead atoms. The lowest BCUT2D eigenvalue weighted by Crippen LogP contribution is -2.42. The van der Waals surface area contributed by atoms with Crippen LogP contribution in [0.3, 0.4) is 0 Å². The number of rotatable bonds is 8. The second-order valence-corrected chi connectivity index (χ2v) is 5.89. The molecule has 20 heavy (non-hydrogen) atoms. The molecule has 0 aromatic rings. The van der Waals surface area contributed by atoms with Crippen molar-refractivity contribution < 1.29 is 14.7 Å². The average molecular weight is 284 g/mol. The van der Waals surface area contributed by atoms with Gasteiger partial charge in [-0.25, -0.2) is 4.79 Å². The minimum atomic E-state index is -0.932. The van der Waals surface area contributed by atoms with Gasteiger partial charge in [0.25, 0.3) is 0 Å². The standard InChI is InChI=1S/C15H28N2O3/c1-3-4-7-13(15(19)20)17-14(18)9-11(2)12-6-5-8-16-10-12/h11-13,16H,3-10H2,1-2H3,(H,17,18)(H,19,20). The van der Waals surface area contributed by atoms with E-state index in [4.69, 9.17) is 5.11 Å². The van der Waals surface area contributed by atoms with Crippen molar-refractivity contribution in [2.75, 3.05) is 13.1 Å². The van der Waals surface area contributed by atoms with E-state index in [1.165, 1.54) is 0 Å². The molecule has 1 amide bonds. The molecule has 5 heteroatoms. The van der Waals surface area contributed by atoms with Crippen molar-refractivity contribution >= 4 is 11.9 Å². The molecule has 0 spiro atoms. The first-order chi connectivity index (χ1) is 9.54. The largest absolute Gasteiger partial charge is 0.480 e. The van der Waals surface area contributed by atoms with Crippen LogP contribution in [0, 0.1) is 11.8 Å². The van der Waals surface area contributed by atoms with Crippen LogP contribution in [-0.4, -0.2) is 36.1 Å². The Bertz CT molecular complexity index is 314. The SMILES string of the molecule is CCCCC(NC(=O)CC(C)C1CCCNC1)C(=O)O. The normalized spacial score (nSPS) is 22.0. The van der Waals surface area contributed by atoms with Gasteiger partial charge >= 0.3 is 5.97 Å². The first kappa shape index (κ1) is 17.0. The number of carboxylic acids is 1. The second kappa shape index (κ2) is 8.95. The number of carbonyl (C=O) groups is 2. The highest BCUT2D eigenvalue weighted by Crippen LogP contribution is 2.22. The van der Waals surface area contributed by atoms with Gasteiger partial charge < -0.3 is 15.7 Å². The monoisotopic (exact) mass is 284 g/mol. The van der Waals surface area contributed by atoms with E-state index in [0.29, 0.717) is 24.7 Å². The van der Waals surface area contributed by atoms with Gasteiger partial charge in [0, 0.05) is 6.42 Å². The summed E-state index contributed by atoms with van der Waals surface area (Å²) in [5.41, 5.74) is 0. The van der Waals surface area contributed by atoms with Crippen molar-refractivity contribution in [3.05, 3.63) is 0 Å². The van der Waals surface area contributed by atoms with Gasteiger partial charge in [0.05, 0.1) is 0 Å². The van der Waals surface area contributed by atoms with Gasteiger partial charge in [-0.05, 0) is 44.2 Å². The highest BCUT2D eigenvalue weighted by molar-refractivity contribution is 5.83. The minimum absolute atomic E-state index is 0.133. The number of amides is 1. The van der Waals surface area contributed by atoms with Crippen LogP contribution in [0.1, 0.15) is 52.4 Å². The van der Waals surface area contributed by atoms with E-state index in [1.54, 1.807) is 0 Å². The smallest absolute Gasteiger partial charge is 0.326 e. The molecule has 3 N–H and O–H groups in total. The van der Waals surface area contributed by atoms with Crippen LogP contribution in [0.5, 0.6) is 0 Å². The highest BCUT2D eigenvalue weighted by atomic mass is 16.4. The summed E-state index contributed by atoms with van der Waals surface area (Å²) in [6, 6.07) is -0.737. The maximum absolute atomic E-state index is 12.0. The zero-order valence-corrected chi connectivity index (χ0v) is 12.7. The number of carboxylic acid groups (broad SMARTS) is 1. The summed E-state index contributed by atoms with van der Waals surface area (Å²) in [6.45, 7) is 6.12. The second-order valence-electron chi connectivity index (χ2n) is 5.89. The number of nitrogens with one attached hydrogen (secondary N) is 2. The van der Waals surface area contributed by atoms with Crippen LogP contribution in [-0.2, 0) is 9.59 Å². The Labute approximate surface area is 121 Å². The van der Waals surface area contributed by atoms with Crippen molar-refractivity contribution in [2.45, 2.75) is 58.4 Å². The summed E-state index contributed by atoms with van der Waals surface area (Å²) in [5, 5.41) is 15.1. The number of unbranched alkanes of at least 4 members (excludes halogenated alkanes) is 1. The lowest BCUT2D eigenvalue weighted by molar-refractivity contribution is -0.142. The Kier molecular flexibility index (Phi) is 7.59. The van der Waals surface area contributed by atoms with Gasteiger partial charge in [-0.3, -0.25) is 4.79 Å². The number of aliphatic carboxylic acids is 1. The number of piperidine rings is 1. The summed E-state index contributed by atoms with van der Waals surface area (Å²) in [5.74, 6) is -0.248. The Hall–Kier alpha value is -1.10. The Balaban J connectivity index is 2.37. The van der Waals surface area contributed by atoms with Crippen molar-refractivity contribution in [1.29, 1.82) is 0 Å². The average Bonchev–Trinajstić information content (AvgIpc) is 2.44. The van der Waals surface area contributed by atoms with Crippen LogP contribution < -0.4 is 10.6 Å². The molecular formula is C15H28N2O3. The lowest BCUT2D eigenvalue weighted by Gasteiger charge is -2.28. The predicted octanol–water partition coefficient (Wildman–Crippen LogP) is 1.77. The molecule has 0 aromatic carbocycles. The number of hydrogen-bond donors (Lipinski definition) is 3. The van der Waals surface area contributed by atoms with Gasteiger partial charge in [0.1, 0.15) is 6.04 Å². The third-order valence-electron chi connectivity index (χ3n) is 4.13. The van der Waals surface area contributed by atoms with E-state index >= 15 is 0 Å². The van der Waals surface area contributed by atoms with Crippen LogP contribution in [0.25, 0.3) is 0 Å². The predicted molar refractivity (Wildman–Crippen MR) is 78.5 cm³/mol. The fourth-order valence-corrected chi connectivity index (χ4v) is 2.74. The summed E-state index contributed by atoms with van der Waals surface area (Å²) in [6.07, 6.45) is 4.99. The maximum atomic E-state index is 12.0. The van der Waals surface area contributed by atoms with E-state index in [0.717, 1.165) is 38.8 Å². The Morgan fingerprint density at radius 2 is 2.20 bits per heavy atom. The fraction of sp³-hybridized carbons (Fsp3) is 0.867. The van der Waals surface area contributed by atoms with Crippen molar-refractivity contribution in [3.63, 3.8) is 0 Å². The Morgan fingerprint density at radius 1 is 1.45 bits per heavy atom. The quantitative estimate of drug-likeness (QED) is 0.635. The Morgan fingerprint density at radius 3 is 2.75 bits per heavy atom. The molecule has 5 nitrogen and oxygen atoms in total. The van der Waals surface area contributed by atoms with Crippen LogP contribution in [0.4, 0.5) is 0 Å². The van der Waals surface area contributed by atoms with Crippen LogP contribution in [0.15, 0.2) is 0 Å². The molecule has 1 saturated heterocycles. The lowest BCUT2D eigenvalue weighted by atomic mass is 9.85. The van der Waals surface area contributed by atoms with Crippen LogP contribution >= 0.6 is 0 Å². The summed E-state index contributed by atoms with van der Waals surface area (Å²) < 4.78 is 0. The molecule has 1 fully saturated rings. The molecular weight excluding hydrogens is 256 g/mol. The van der Waals surface area contributed by atoms with Crippen molar-refractivity contribution in [1.82, 2.24) is 10.6 Å². The molecule has 1 aliphatic heterocycles. The van der Waals surface area contributed by atoms with Gasteiger partial charge in [-0.15, -0.1) is 0 Å². The molecule has 3 atom stereocenters. The molecule has 1 heterocycles. The molecule has 0 aliphatic carbocycles. The third kappa shape index (κ3) is 5.90. The fourth-order valence-electron chi connectivity index (χ4n) is 2.74. The molecule has 0 radical (unpaired) electrons. The topological polar surface area (TPSA) is 78.4 Å². The van der Waals surface area contributed by atoms with E-state index < -0.39 is 12.0 Å². The van der Waals surface area contributed by atoms with E-state index in [9.17, 15) is 9.59 Å². The third-order valence-corrected chi connectivity index (χ3v) is 4.13. The van der Waals surface area contributed by atoms with Crippen molar-refractivity contribution in [2.24, 2.45) is 11.8 Å². The molecule has 0 saturated carbocycles. The highest BCUT2D eigenvalue weighted by Gasteiger charge is 2.24. The molecule has 1 rings (SSSR count). The van der Waals surface area contributed by atoms with Crippen molar-refractivity contribution in [3.8, 4) is 0 Å². The summed E-state index contributed by atoms with van der Waals surface area (Å²) in [4.78, 5) is 23.1. The van der Waals surface area contributed by atoms with Gasteiger partial charge in [-0.2, -0.15) is 0 Å². The summed E-state index contributed by atoms with van der Waals surface area (Å²) >= 11 is 0. The maximum Gasteiger partial charge on any atom is 0.326 e.